The van der Waals surface area contributed by atoms with E-state index < -0.39 is 5.00 Å². The second kappa shape index (κ2) is 1.39. The van der Waals surface area contributed by atoms with Crippen molar-refractivity contribution >= 4 is 11.6 Å². The zero-order valence-corrected chi connectivity index (χ0v) is 4.50. The predicted octanol–water partition coefficient (Wildman–Crippen LogP) is 0.377. The molecule has 7 heavy (non-hydrogen) atoms. The van der Waals surface area contributed by atoms with Gasteiger partial charge in [-0.2, -0.15) is 0 Å². The van der Waals surface area contributed by atoms with Gasteiger partial charge in [0.15, 0.2) is 0 Å². The van der Waals surface area contributed by atoms with E-state index in [0.29, 0.717) is 0 Å². The highest BCUT2D eigenvalue weighted by Crippen LogP contribution is 2.11. The van der Waals surface area contributed by atoms with Gasteiger partial charge in [-0.1, -0.05) is 11.6 Å². The maximum absolute atomic E-state index is 5.60. The van der Waals surface area contributed by atoms with Crippen molar-refractivity contribution in [3.05, 3.63) is 19.2 Å². The molecule has 39 valence electrons. The van der Waals surface area contributed by atoms with Crippen molar-refractivity contribution in [2.45, 2.75) is 5.00 Å². The Kier molecular flexibility index (Phi) is 0.978. The lowest BCUT2D eigenvalue weighted by Crippen LogP contribution is -2.36. The van der Waals surface area contributed by atoms with Gasteiger partial charge < -0.3 is 5.43 Å². The molecule has 2 nitrogen and oxygen atoms in total. The van der Waals surface area contributed by atoms with Crippen LogP contribution in [0.25, 0.3) is 0 Å². The lowest BCUT2D eigenvalue weighted by molar-refractivity contribution is 0.611. The van der Waals surface area contributed by atoms with Crippen molar-refractivity contribution in [1.82, 2.24) is 10.9 Å². The first-order valence-corrected chi connectivity index (χ1v) is 2.33. The van der Waals surface area contributed by atoms with Crippen LogP contribution >= 0.6 is 11.6 Å². The van der Waals surface area contributed by atoms with E-state index in [0.717, 1.165) is 0 Å². The number of nitrogens with one attached hydrogen (secondary N) is 2. The molecule has 0 aromatic rings. The maximum atomic E-state index is 5.60. The van der Waals surface area contributed by atoms with Crippen molar-refractivity contribution in [2.24, 2.45) is 0 Å². The minimum atomic E-state index is -0.625. The van der Waals surface area contributed by atoms with Gasteiger partial charge in [0.1, 0.15) is 5.00 Å². The van der Waals surface area contributed by atoms with Crippen molar-refractivity contribution in [2.75, 3.05) is 0 Å². The first kappa shape index (κ1) is 4.94. The lowest BCUT2D eigenvalue weighted by Gasteiger charge is -2.10. The van der Waals surface area contributed by atoms with Gasteiger partial charge in [0.05, 0.1) is 0 Å². The minimum absolute atomic E-state index is 0.625. The fourth-order valence-corrected chi connectivity index (χ4v) is 0.495. The molecule has 0 fully saturated rings. The Hall–Kier alpha value is -0.210. The number of hydrazine groups is 1. The van der Waals surface area contributed by atoms with Crippen LogP contribution in [0.1, 0.15) is 0 Å². The van der Waals surface area contributed by atoms with E-state index in [-0.39, 0.29) is 0 Å². The summed E-state index contributed by atoms with van der Waals surface area (Å²) < 4.78 is 0. The highest BCUT2D eigenvalue weighted by Gasteiger charge is 2.18. The fraction of sp³-hybridized carbons (Fsp3) is 0.250. The fourth-order valence-electron chi connectivity index (χ4n) is 0.377. The summed E-state index contributed by atoms with van der Waals surface area (Å²) in [6, 6.07) is 0. The molecular weight excluding hydrogens is 112 g/mol. The molecule has 0 spiro atoms. The summed E-state index contributed by atoms with van der Waals surface area (Å²) in [5.41, 5.74) is 5.38. The normalized spacial score (nSPS) is 38.6. The largest absolute Gasteiger partial charge is 0.327 e. The molecule has 1 aliphatic heterocycles. The van der Waals surface area contributed by atoms with Crippen LogP contribution in [0.15, 0.2) is 12.3 Å². The molecule has 0 aromatic heterocycles. The molecule has 0 amide bonds. The molecule has 1 atom stereocenters. The number of halogens is 1. The molecule has 3 heteroatoms. The summed E-state index contributed by atoms with van der Waals surface area (Å²) in [5.74, 6) is 0. The van der Waals surface area contributed by atoms with Crippen molar-refractivity contribution in [3.8, 4) is 0 Å². The third-order valence-corrected chi connectivity index (χ3v) is 0.931. The first-order valence-electron chi connectivity index (χ1n) is 1.95. The quantitative estimate of drug-likeness (QED) is 0.354. The van der Waals surface area contributed by atoms with Crippen molar-refractivity contribution in [1.29, 1.82) is 0 Å². The molecule has 1 unspecified atom stereocenters. The van der Waals surface area contributed by atoms with Crippen LogP contribution in [-0.2, 0) is 0 Å². The summed E-state index contributed by atoms with van der Waals surface area (Å²) in [6.45, 7) is 3.57. The van der Waals surface area contributed by atoms with Crippen LogP contribution in [-0.4, -0.2) is 5.00 Å². The monoisotopic (exact) mass is 117 g/mol. The maximum Gasteiger partial charge on any atom is 0.130 e. The van der Waals surface area contributed by atoms with Crippen LogP contribution in [0.2, 0.25) is 0 Å². The van der Waals surface area contributed by atoms with E-state index >= 15 is 0 Å². The molecule has 1 radical (unpaired) electrons. The molecule has 0 saturated heterocycles. The highest BCUT2D eigenvalue weighted by molar-refractivity contribution is 6.25. The van der Waals surface area contributed by atoms with Gasteiger partial charge in [-0.25, -0.2) is 5.43 Å². The van der Waals surface area contributed by atoms with E-state index in [4.69, 9.17) is 11.6 Å². The first-order chi connectivity index (χ1) is 3.21. The van der Waals surface area contributed by atoms with E-state index in [2.05, 4.69) is 17.8 Å². The summed E-state index contributed by atoms with van der Waals surface area (Å²) in [5, 5.41) is 0. The van der Waals surface area contributed by atoms with Crippen LogP contribution in [0.5, 0.6) is 0 Å². The molecule has 1 rings (SSSR count). The van der Waals surface area contributed by atoms with Gasteiger partial charge in [0, 0.05) is 6.20 Å². The molecule has 0 bridgehead atoms. The second-order valence-electron chi connectivity index (χ2n) is 1.47. The number of alkyl halides is 1. The summed E-state index contributed by atoms with van der Waals surface area (Å²) >= 11 is 5.60. The zero-order chi connectivity index (χ0) is 5.33. The smallest absolute Gasteiger partial charge is 0.130 e. The number of hydrogen-bond donors (Lipinski definition) is 2. The average Bonchev–Trinajstić information content (AvgIpc) is 1.84. The van der Waals surface area contributed by atoms with Gasteiger partial charge in [-0.3, -0.25) is 0 Å². The molecule has 0 aromatic carbocycles. The van der Waals surface area contributed by atoms with E-state index in [9.17, 15) is 0 Å². The van der Waals surface area contributed by atoms with E-state index in [1.54, 1.807) is 12.3 Å². The Morgan fingerprint density at radius 2 is 2.43 bits per heavy atom. The van der Waals surface area contributed by atoms with Gasteiger partial charge in [-0.15, -0.1) is 0 Å². The Bertz CT molecular complexity index is 97.9. The van der Waals surface area contributed by atoms with Crippen molar-refractivity contribution in [3.63, 3.8) is 0 Å². The molecule has 2 N–H and O–H groups in total. The van der Waals surface area contributed by atoms with Gasteiger partial charge in [0.2, 0.25) is 0 Å². The van der Waals surface area contributed by atoms with Gasteiger partial charge >= 0.3 is 0 Å². The van der Waals surface area contributed by atoms with Gasteiger partial charge in [0.25, 0.3) is 0 Å². The van der Waals surface area contributed by atoms with E-state index in [1.807, 2.05) is 0 Å². The summed E-state index contributed by atoms with van der Waals surface area (Å²) in [6.07, 6.45) is 3.44. The number of rotatable bonds is 0. The van der Waals surface area contributed by atoms with Crippen LogP contribution in [0, 0.1) is 6.92 Å². The van der Waals surface area contributed by atoms with Crippen LogP contribution in [0.4, 0.5) is 0 Å². The third kappa shape index (κ3) is 1.08. The Morgan fingerprint density at radius 1 is 1.71 bits per heavy atom. The van der Waals surface area contributed by atoms with E-state index in [1.165, 1.54) is 0 Å². The number of hydrogen-bond acceptors (Lipinski definition) is 2. The molecular formula is C4H6ClN2. The highest BCUT2D eigenvalue weighted by atomic mass is 35.5. The molecule has 0 aliphatic carbocycles. The molecule has 0 saturated carbocycles. The average molecular weight is 118 g/mol. The Balaban J connectivity index is 2.57. The van der Waals surface area contributed by atoms with Gasteiger partial charge in [-0.05, 0) is 13.0 Å². The molecule has 1 heterocycles. The standard InChI is InChI=1S/C4H6ClN2/c1-4(5)2-3-6-7-4/h2-3,6-7H,1H2. The predicted molar refractivity (Wildman–Crippen MR) is 29.4 cm³/mol. The molecule has 1 aliphatic rings. The second-order valence-corrected chi connectivity index (χ2v) is 2.14. The Labute approximate surface area is 47.5 Å². The summed E-state index contributed by atoms with van der Waals surface area (Å²) in [4.78, 5) is -0.625. The zero-order valence-electron chi connectivity index (χ0n) is 3.74. The SMILES string of the molecule is [CH2]C1(Cl)C=CNN1. The minimum Gasteiger partial charge on any atom is -0.327 e. The Morgan fingerprint density at radius 3 is 2.57 bits per heavy atom. The topological polar surface area (TPSA) is 24.1 Å². The van der Waals surface area contributed by atoms with Crippen LogP contribution < -0.4 is 10.9 Å². The van der Waals surface area contributed by atoms with Crippen LogP contribution in [0.3, 0.4) is 0 Å². The third-order valence-electron chi connectivity index (χ3n) is 0.711. The summed E-state index contributed by atoms with van der Waals surface area (Å²) in [7, 11) is 0. The van der Waals surface area contributed by atoms with Crippen molar-refractivity contribution < 1.29 is 0 Å². The lowest BCUT2D eigenvalue weighted by atomic mass is 10.4.